The number of methoxy groups -OCH3 is 2. The molecule has 0 aliphatic carbocycles. The highest BCUT2D eigenvalue weighted by Crippen LogP contribution is 2.33. The van der Waals surface area contributed by atoms with Crippen LogP contribution in [-0.4, -0.2) is 28.5 Å². The molecule has 0 heterocycles. The van der Waals surface area contributed by atoms with Crippen molar-refractivity contribution in [2.24, 2.45) is 0 Å². The van der Waals surface area contributed by atoms with Gasteiger partial charge in [-0.2, -0.15) is 0 Å². The Morgan fingerprint density at radius 1 is 0.903 bits per heavy atom. The molecule has 2 N–H and O–H groups in total. The van der Waals surface area contributed by atoms with Crippen LogP contribution in [0.4, 0.5) is 15.8 Å². The van der Waals surface area contributed by atoms with E-state index in [0.717, 1.165) is 11.6 Å². The monoisotopic (exact) mass is 444 g/mol. The number of benzene rings is 3. The van der Waals surface area contributed by atoms with Gasteiger partial charge >= 0.3 is 0 Å². The lowest BCUT2D eigenvalue weighted by Gasteiger charge is -2.14. The number of sulfonamides is 1. The second-order valence-electron chi connectivity index (χ2n) is 6.59. The first kappa shape index (κ1) is 22.1. The van der Waals surface area contributed by atoms with Gasteiger partial charge in [-0.1, -0.05) is 18.2 Å². The van der Waals surface area contributed by atoms with Gasteiger partial charge in [-0.15, -0.1) is 0 Å². The van der Waals surface area contributed by atoms with Gasteiger partial charge in [-0.05, 0) is 48.9 Å². The third kappa shape index (κ3) is 4.95. The number of rotatable bonds is 7. The number of carbonyl (C=O) groups is 1. The van der Waals surface area contributed by atoms with Crippen molar-refractivity contribution in [2.75, 3.05) is 24.3 Å². The molecule has 0 aliphatic rings. The molecule has 1 amide bonds. The number of carbonyl (C=O) groups excluding carboxylic acids is 1. The Labute approximate surface area is 179 Å². The fraction of sp³-hybridized carbons (Fsp3) is 0.136. The number of amides is 1. The Balaban J connectivity index is 1.86. The quantitative estimate of drug-likeness (QED) is 0.570. The number of para-hydroxylation sites is 1. The summed E-state index contributed by atoms with van der Waals surface area (Å²) in [7, 11) is -1.11. The van der Waals surface area contributed by atoms with Gasteiger partial charge in [-0.25, -0.2) is 12.8 Å². The van der Waals surface area contributed by atoms with Crippen LogP contribution >= 0.6 is 0 Å². The van der Waals surface area contributed by atoms with Gasteiger partial charge in [0.15, 0.2) is 11.5 Å². The number of hydrogen-bond acceptors (Lipinski definition) is 5. The van der Waals surface area contributed by atoms with Crippen LogP contribution in [0.5, 0.6) is 11.5 Å². The van der Waals surface area contributed by atoms with Crippen LogP contribution in [-0.2, 0) is 10.0 Å². The zero-order valence-electron chi connectivity index (χ0n) is 17.1. The van der Waals surface area contributed by atoms with E-state index in [9.17, 15) is 17.6 Å². The standard InChI is InChI=1S/C22H21FN2O5S/c1-14-11-20(29-2)21(30-3)13-19(14)24-22(26)15-7-6-8-16(12-15)31(27,28)25-18-10-5-4-9-17(18)23/h4-13,25H,1-3H3,(H,24,26). The summed E-state index contributed by atoms with van der Waals surface area (Å²) in [4.78, 5) is 12.6. The van der Waals surface area contributed by atoms with Crippen molar-refractivity contribution in [3.8, 4) is 11.5 Å². The van der Waals surface area contributed by atoms with E-state index in [-0.39, 0.29) is 16.1 Å². The molecule has 9 heteroatoms. The van der Waals surface area contributed by atoms with Gasteiger partial charge in [0.05, 0.1) is 24.8 Å². The van der Waals surface area contributed by atoms with Gasteiger partial charge in [-0.3, -0.25) is 9.52 Å². The molecule has 0 aromatic heterocycles. The number of anilines is 2. The summed E-state index contributed by atoms with van der Waals surface area (Å²) in [5.41, 5.74) is 1.15. The van der Waals surface area contributed by atoms with Crippen molar-refractivity contribution in [3.63, 3.8) is 0 Å². The fourth-order valence-corrected chi connectivity index (χ4v) is 3.97. The molecule has 3 aromatic carbocycles. The van der Waals surface area contributed by atoms with Gasteiger partial charge in [0.25, 0.3) is 15.9 Å². The summed E-state index contributed by atoms with van der Waals surface area (Å²) < 4.78 is 51.8. The van der Waals surface area contributed by atoms with E-state index in [4.69, 9.17) is 9.47 Å². The van der Waals surface area contributed by atoms with E-state index in [1.165, 1.54) is 56.7 Å². The molecule has 0 saturated carbocycles. The summed E-state index contributed by atoms with van der Waals surface area (Å²) in [5.74, 6) is -0.263. The second kappa shape index (κ2) is 9.05. The van der Waals surface area contributed by atoms with Crippen molar-refractivity contribution in [1.82, 2.24) is 0 Å². The van der Waals surface area contributed by atoms with Gasteiger partial charge in [0, 0.05) is 17.3 Å². The van der Waals surface area contributed by atoms with E-state index in [1.54, 1.807) is 19.1 Å². The van der Waals surface area contributed by atoms with Crippen molar-refractivity contribution < 1.29 is 27.1 Å². The Morgan fingerprint density at radius 2 is 1.58 bits per heavy atom. The van der Waals surface area contributed by atoms with E-state index in [0.29, 0.717) is 17.2 Å². The molecule has 162 valence electrons. The predicted molar refractivity (Wildman–Crippen MR) is 116 cm³/mol. The third-order valence-corrected chi connectivity index (χ3v) is 5.87. The Kier molecular flexibility index (Phi) is 6.45. The van der Waals surface area contributed by atoms with Gasteiger partial charge in [0.1, 0.15) is 5.82 Å². The molecule has 0 radical (unpaired) electrons. The Bertz CT molecular complexity index is 1230. The van der Waals surface area contributed by atoms with Crippen LogP contribution < -0.4 is 19.5 Å². The minimum atomic E-state index is -4.10. The van der Waals surface area contributed by atoms with Crippen molar-refractivity contribution in [1.29, 1.82) is 0 Å². The van der Waals surface area contributed by atoms with E-state index in [2.05, 4.69) is 10.0 Å². The molecule has 0 unspecified atom stereocenters. The largest absolute Gasteiger partial charge is 0.493 e. The lowest BCUT2D eigenvalue weighted by Crippen LogP contribution is -2.17. The predicted octanol–water partition coefficient (Wildman–Crippen LogP) is 4.20. The fourth-order valence-electron chi connectivity index (χ4n) is 2.86. The molecule has 0 spiro atoms. The third-order valence-electron chi connectivity index (χ3n) is 4.50. The summed E-state index contributed by atoms with van der Waals surface area (Å²) in [5, 5.41) is 2.74. The minimum Gasteiger partial charge on any atom is -0.493 e. The zero-order valence-corrected chi connectivity index (χ0v) is 17.9. The summed E-state index contributed by atoms with van der Waals surface area (Å²) >= 11 is 0. The first-order valence-corrected chi connectivity index (χ1v) is 10.6. The lowest BCUT2D eigenvalue weighted by molar-refractivity contribution is 0.102. The number of aryl methyl sites for hydroxylation is 1. The number of ether oxygens (including phenoxy) is 2. The van der Waals surface area contributed by atoms with Crippen LogP contribution in [0.2, 0.25) is 0 Å². The summed E-state index contributed by atoms with van der Waals surface area (Å²) in [6.45, 7) is 1.79. The summed E-state index contributed by atoms with van der Waals surface area (Å²) in [6, 6.07) is 14.2. The normalized spacial score (nSPS) is 11.0. The molecule has 0 bridgehead atoms. The number of hydrogen-bond donors (Lipinski definition) is 2. The molecule has 0 fully saturated rings. The zero-order chi connectivity index (χ0) is 22.6. The highest BCUT2D eigenvalue weighted by Gasteiger charge is 2.19. The highest BCUT2D eigenvalue weighted by atomic mass is 32.2. The van der Waals surface area contributed by atoms with E-state index >= 15 is 0 Å². The molecular formula is C22H21FN2O5S. The van der Waals surface area contributed by atoms with Crippen molar-refractivity contribution in [2.45, 2.75) is 11.8 Å². The molecule has 3 rings (SSSR count). The highest BCUT2D eigenvalue weighted by molar-refractivity contribution is 7.92. The second-order valence-corrected chi connectivity index (χ2v) is 8.27. The maximum absolute atomic E-state index is 13.8. The average Bonchev–Trinajstić information content (AvgIpc) is 2.76. The average molecular weight is 444 g/mol. The minimum absolute atomic E-state index is 0.116. The molecule has 31 heavy (non-hydrogen) atoms. The SMILES string of the molecule is COc1cc(C)c(NC(=O)c2cccc(S(=O)(=O)Nc3ccccc3F)c2)cc1OC. The van der Waals surface area contributed by atoms with Crippen LogP contribution in [0.1, 0.15) is 15.9 Å². The first-order valence-electron chi connectivity index (χ1n) is 9.16. The first-order chi connectivity index (χ1) is 14.7. The summed E-state index contributed by atoms with van der Waals surface area (Å²) in [6.07, 6.45) is 0. The number of nitrogens with one attached hydrogen (secondary N) is 2. The van der Waals surface area contributed by atoms with Gasteiger partial charge in [0.2, 0.25) is 0 Å². The number of halogens is 1. The molecule has 0 saturated heterocycles. The van der Waals surface area contributed by atoms with Crippen LogP contribution in [0.25, 0.3) is 0 Å². The van der Waals surface area contributed by atoms with E-state index in [1.807, 2.05) is 0 Å². The van der Waals surface area contributed by atoms with Crippen LogP contribution in [0, 0.1) is 12.7 Å². The van der Waals surface area contributed by atoms with Crippen LogP contribution in [0.3, 0.4) is 0 Å². The van der Waals surface area contributed by atoms with Gasteiger partial charge < -0.3 is 14.8 Å². The Hall–Kier alpha value is -3.59. The lowest BCUT2D eigenvalue weighted by atomic mass is 10.1. The van der Waals surface area contributed by atoms with E-state index < -0.39 is 21.7 Å². The topological polar surface area (TPSA) is 93.7 Å². The molecule has 0 atom stereocenters. The molecule has 7 nitrogen and oxygen atoms in total. The van der Waals surface area contributed by atoms with Crippen LogP contribution in [0.15, 0.2) is 65.6 Å². The molecule has 3 aromatic rings. The molecular weight excluding hydrogens is 423 g/mol. The maximum Gasteiger partial charge on any atom is 0.262 e. The maximum atomic E-state index is 13.8. The smallest absolute Gasteiger partial charge is 0.262 e. The van der Waals surface area contributed by atoms with Crippen molar-refractivity contribution in [3.05, 3.63) is 77.6 Å². The van der Waals surface area contributed by atoms with Crippen molar-refractivity contribution >= 4 is 27.3 Å². The Morgan fingerprint density at radius 3 is 2.26 bits per heavy atom. The molecule has 0 aliphatic heterocycles.